The molecule has 1 aromatic rings. The van der Waals surface area contributed by atoms with Crippen molar-refractivity contribution in [1.82, 2.24) is 0 Å². The quantitative estimate of drug-likeness (QED) is 0.0917. The second-order valence-corrected chi connectivity index (χ2v) is 18.6. The number of carbonyl (C=O) groups is 2. The molecule has 3 fully saturated rings. The lowest BCUT2D eigenvalue weighted by molar-refractivity contribution is -0.151. The van der Waals surface area contributed by atoms with Crippen molar-refractivity contribution >= 4 is 11.9 Å². The summed E-state index contributed by atoms with van der Waals surface area (Å²) in [6.45, 7) is 13.0. The predicted octanol–water partition coefficient (Wildman–Crippen LogP) is 12.7. The minimum Gasteiger partial charge on any atom is -0.462 e. The van der Waals surface area contributed by atoms with E-state index in [0.29, 0.717) is 35.3 Å². The fourth-order valence-electron chi connectivity index (χ4n) is 11.8. The number of fused-ring (bicyclic) bond motifs is 5. The van der Waals surface area contributed by atoms with Crippen molar-refractivity contribution in [2.45, 2.75) is 162 Å². The first kappa shape index (κ1) is 39.1. The molecule has 0 unspecified atom stereocenters. The van der Waals surface area contributed by atoms with Gasteiger partial charge in [0.2, 0.25) is 0 Å². The summed E-state index contributed by atoms with van der Waals surface area (Å²) in [7, 11) is 0. The molecule has 0 heterocycles. The van der Waals surface area contributed by atoms with E-state index in [0.717, 1.165) is 86.9 Å². The van der Waals surface area contributed by atoms with Gasteiger partial charge < -0.3 is 9.47 Å². The minimum atomic E-state index is -0.245. The number of hydrogen-bond acceptors (Lipinski definition) is 4. The first-order chi connectivity index (χ1) is 25.1. The second kappa shape index (κ2) is 17.7. The molecule has 0 amide bonds. The van der Waals surface area contributed by atoms with Crippen LogP contribution < -0.4 is 0 Å². The van der Waals surface area contributed by atoms with Gasteiger partial charge in [0, 0.05) is 18.8 Å². The number of ether oxygens (including phenoxy) is 2. The fourth-order valence-corrected chi connectivity index (χ4v) is 11.8. The van der Waals surface area contributed by atoms with Crippen molar-refractivity contribution in [3.8, 4) is 0 Å². The molecule has 286 valence electrons. The number of esters is 2. The lowest BCUT2D eigenvalue weighted by atomic mass is 9.47. The van der Waals surface area contributed by atoms with Gasteiger partial charge >= 0.3 is 11.9 Å². The smallest absolute Gasteiger partial charge is 0.338 e. The van der Waals surface area contributed by atoms with Gasteiger partial charge in [0.1, 0.15) is 6.10 Å². The molecule has 5 aliphatic rings. The Morgan fingerprint density at radius 2 is 1.54 bits per heavy atom. The van der Waals surface area contributed by atoms with Crippen LogP contribution in [0.5, 0.6) is 0 Å². The monoisotopic (exact) mass is 711 g/mol. The standard InChI is InChI=1S/C48H70O4/c1-34(2)15-14-16-35(3)42-26-27-43-41-25-24-39-33-40(28-30-47(39,4)44(41)29-31-48(42,43)5)52-45(49)19-10-8-6-7-9-13-32-51-46(50)38-22-20-37(21-23-38)36-17-11-12-18-36/h11-12,17-18,20-24,34-36,40-44H,6-10,13-16,19,25-33H2,1-5H3/t35-,40+,41+,42-,43+,44+,47+,48-/m1/s1. The number of hydrogen-bond donors (Lipinski definition) is 0. The van der Waals surface area contributed by atoms with Gasteiger partial charge in [0.05, 0.1) is 12.2 Å². The van der Waals surface area contributed by atoms with E-state index in [2.05, 4.69) is 65.0 Å². The van der Waals surface area contributed by atoms with E-state index < -0.39 is 0 Å². The van der Waals surface area contributed by atoms with E-state index in [1.54, 1.807) is 5.57 Å². The molecule has 4 heteroatoms. The lowest BCUT2D eigenvalue weighted by Crippen LogP contribution is -2.51. The van der Waals surface area contributed by atoms with Crippen molar-refractivity contribution in [1.29, 1.82) is 0 Å². The van der Waals surface area contributed by atoms with Crippen LogP contribution in [0.1, 0.15) is 172 Å². The third kappa shape index (κ3) is 9.01. The van der Waals surface area contributed by atoms with Gasteiger partial charge in [0.25, 0.3) is 0 Å². The fraction of sp³-hybridized carbons (Fsp3) is 0.708. The van der Waals surface area contributed by atoms with Gasteiger partial charge in [-0.15, -0.1) is 0 Å². The van der Waals surface area contributed by atoms with E-state index in [9.17, 15) is 9.59 Å². The summed E-state index contributed by atoms with van der Waals surface area (Å²) in [4.78, 5) is 25.3. The summed E-state index contributed by atoms with van der Waals surface area (Å²) in [6, 6.07) is 7.74. The van der Waals surface area contributed by atoms with Crippen LogP contribution in [-0.2, 0) is 14.3 Å². The molecule has 0 aromatic heterocycles. The van der Waals surface area contributed by atoms with Crippen molar-refractivity contribution in [3.63, 3.8) is 0 Å². The van der Waals surface area contributed by atoms with Gasteiger partial charge in [-0.3, -0.25) is 4.79 Å². The SMILES string of the molecule is CC(C)CCC[C@@H](C)[C@H]1CC[C@H]2[C@@H]3CC=C4C[C@@H](OC(=O)CCCCCCCCOC(=O)c5ccc(C6C=CC=C6)cc5)CC[C@]4(C)[C@H]3CC[C@]12C. The highest BCUT2D eigenvalue weighted by molar-refractivity contribution is 5.89. The zero-order valence-electron chi connectivity index (χ0n) is 33.4. The highest BCUT2D eigenvalue weighted by Gasteiger charge is 2.59. The molecule has 4 nitrogen and oxygen atoms in total. The Morgan fingerprint density at radius 3 is 2.29 bits per heavy atom. The van der Waals surface area contributed by atoms with Crippen molar-refractivity contribution in [2.24, 2.45) is 46.3 Å². The zero-order chi connectivity index (χ0) is 36.7. The van der Waals surface area contributed by atoms with Gasteiger partial charge in [-0.2, -0.15) is 0 Å². The van der Waals surface area contributed by atoms with Crippen LogP contribution in [0, 0.1) is 46.3 Å². The maximum absolute atomic E-state index is 12.9. The molecule has 6 rings (SSSR count). The number of rotatable bonds is 17. The molecular formula is C48H70O4. The van der Waals surface area contributed by atoms with Crippen LogP contribution in [0.2, 0.25) is 0 Å². The van der Waals surface area contributed by atoms with Crippen LogP contribution >= 0.6 is 0 Å². The summed E-state index contributed by atoms with van der Waals surface area (Å²) in [5.41, 5.74) is 4.23. The molecule has 52 heavy (non-hydrogen) atoms. The van der Waals surface area contributed by atoms with Crippen LogP contribution in [0.15, 0.2) is 60.2 Å². The number of unbranched alkanes of at least 4 members (excludes halogenated alkanes) is 5. The molecule has 0 radical (unpaired) electrons. The van der Waals surface area contributed by atoms with Crippen molar-refractivity contribution < 1.29 is 19.1 Å². The third-order valence-corrected chi connectivity index (χ3v) is 14.8. The predicted molar refractivity (Wildman–Crippen MR) is 213 cm³/mol. The highest BCUT2D eigenvalue weighted by Crippen LogP contribution is 2.67. The second-order valence-electron chi connectivity index (χ2n) is 18.6. The first-order valence-electron chi connectivity index (χ1n) is 21.6. The molecule has 5 aliphatic carbocycles. The topological polar surface area (TPSA) is 52.6 Å². The van der Waals surface area contributed by atoms with Gasteiger partial charge in [-0.25, -0.2) is 4.79 Å². The van der Waals surface area contributed by atoms with Gasteiger partial charge in [-0.05, 0) is 122 Å². The normalized spacial score (nSPS) is 31.5. The molecule has 0 N–H and O–H groups in total. The Balaban J connectivity index is 0.850. The van der Waals surface area contributed by atoms with Crippen LogP contribution in [0.3, 0.4) is 0 Å². The van der Waals surface area contributed by atoms with Crippen LogP contribution in [0.4, 0.5) is 0 Å². The van der Waals surface area contributed by atoms with Crippen molar-refractivity contribution in [2.75, 3.05) is 6.61 Å². The number of allylic oxidation sites excluding steroid dienone is 5. The maximum Gasteiger partial charge on any atom is 0.338 e. The minimum absolute atomic E-state index is 0.00745. The van der Waals surface area contributed by atoms with Gasteiger partial charge in [0.15, 0.2) is 0 Å². The maximum atomic E-state index is 12.9. The van der Waals surface area contributed by atoms with Gasteiger partial charge in [-0.1, -0.05) is 128 Å². The van der Waals surface area contributed by atoms with Crippen molar-refractivity contribution in [3.05, 3.63) is 71.3 Å². The molecule has 0 spiro atoms. The molecule has 1 aromatic carbocycles. The molecule has 0 saturated heterocycles. The zero-order valence-corrected chi connectivity index (χ0v) is 33.4. The van der Waals surface area contributed by atoms with Crippen LogP contribution in [0.25, 0.3) is 0 Å². The summed E-state index contributed by atoms with van der Waals surface area (Å²) >= 11 is 0. The average molecular weight is 711 g/mol. The molecule has 8 atom stereocenters. The van der Waals surface area contributed by atoms with E-state index in [4.69, 9.17) is 9.47 Å². The summed E-state index contributed by atoms with van der Waals surface area (Å²) in [5.74, 6) is 5.17. The summed E-state index contributed by atoms with van der Waals surface area (Å²) < 4.78 is 11.6. The summed E-state index contributed by atoms with van der Waals surface area (Å²) in [5, 5.41) is 0. The summed E-state index contributed by atoms with van der Waals surface area (Å²) in [6.07, 6.45) is 31.9. The van der Waals surface area contributed by atoms with Crippen LogP contribution in [-0.4, -0.2) is 24.6 Å². The molecular weight excluding hydrogens is 641 g/mol. The van der Waals surface area contributed by atoms with E-state index in [1.165, 1.54) is 63.4 Å². The Bertz CT molecular complexity index is 1420. The average Bonchev–Trinajstić information content (AvgIpc) is 3.79. The third-order valence-electron chi connectivity index (χ3n) is 14.8. The molecule has 0 aliphatic heterocycles. The highest BCUT2D eigenvalue weighted by atomic mass is 16.5. The Morgan fingerprint density at radius 1 is 0.808 bits per heavy atom. The Kier molecular flexibility index (Phi) is 13.3. The van der Waals surface area contributed by atoms with E-state index in [1.807, 2.05) is 24.3 Å². The number of benzene rings is 1. The number of carbonyl (C=O) groups excluding carboxylic acids is 2. The Labute approximate surface area is 316 Å². The van der Waals surface area contributed by atoms with E-state index in [-0.39, 0.29) is 18.0 Å². The molecule has 0 bridgehead atoms. The lowest BCUT2D eigenvalue weighted by Gasteiger charge is -2.58. The molecule has 3 saturated carbocycles. The van der Waals surface area contributed by atoms with E-state index >= 15 is 0 Å². The Hall–Kier alpha value is -2.62. The first-order valence-corrected chi connectivity index (χ1v) is 21.6. The largest absolute Gasteiger partial charge is 0.462 e.